The van der Waals surface area contributed by atoms with E-state index < -0.39 is 11.7 Å². The van der Waals surface area contributed by atoms with Crippen molar-refractivity contribution in [1.82, 2.24) is 34.6 Å². The fourth-order valence-electron chi connectivity index (χ4n) is 5.11. The van der Waals surface area contributed by atoms with Gasteiger partial charge in [0.2, 0.25) is 5.95 Å². The third-order valence-electron chi connectivity index (χ3n) is 7.55. The molecule has 0 bridgehead atoms. The lowest BCUT2D eigenvalue weighted by molar-refractivity contribution is -0.0286. The summed E-state index contributed by atoms with van der Waals surface area (Å²) in [5.41, 5.74) is 10.2. The number of likely N-dealkylation sites (tertiary alicyclic amines) is 1. The molecule has 1 aromatic carbocycles. The molecule has 4 aromatic heterocycles. The first-order chi connectivity index (χ1) is 19.8. The molecule has 0 aliphatic carbocycles. The number of hydrogen-bond donors (Lipinski definition) is 3. The highest BCUT2D eigenvalue weighted by atomic mass is 16.6. The topological polar surface area (TPSA) is 148 Å². The highest BCUT2D eigenvalue weighted by Crippen LogP contribution is 2.36. The minimum Gasteiger partial charge on any atom is -0.445 e. The van der Waals surface area contributed by atoms with E-state index in [4.69, 9.17) is 10.5 Å². The first-order valence-electron chi connectivity index (χ1n) is 13.6. The maximum Gasteiger partial charge on any atom is 0.410 e. The Balaban J connectivity index is 1.21. The maximum atomic E-state index is 12.6. The molecule has 11 nitrogen and oxygen atoms in total. The van der Waals surface area contributed by atoms with Crippen LogP contribution < -0.4 is 5.73 Å². The van der Waals surface area contributed by atoms with Gasteiger partial charge >= 0.3 is 6.09 Å². The number of carbonyl (C=O) groups is 1. The van der Waals surface area contributed by atoms with Gasteiger partial charge in [-0.25, -0.2) is 19.7 Å². The number of rotatable bonds is 6. The summed E-state index contributed by atoms with van der Waals surface area (Å²) in [5.74, 6) is 0.0623. The number of nitrogens with two attached hydrogens (primary N) is 1. The quantitative estimate of drug-likeness (QED) is 0.275. The van der Waals surface area contributed by atoms with Gasteiger partial charge in [-0.3, -0.25) is 4.68 Å². The third-order valence-corrected chi connectivity index (χ3v) is 7.55. The molecule has 0 spiro atoms. The minimum atomic E-state index is -1.26. The summed E-state index contributed by atoms with van der Waals surface area (Å²) in [6, 6.07) is 13.6. The monoisotopic (exact) mass is 552 g/mol. The number of aromatic amines is 1. The van der Waals surface area contributed by atoms with Crippen LogP contribution in [0, 0.1) is 0 Å². The third kappa shape index (κ3) is 5.36. The van der Waals surface area contributed by atoms with E-state index in [0.717, 1.165) is 27.6 Å². The number of ether oxygens (including phenoxy) is 1. The smallest absolute Gasteiger partial charge is 0.410 e. The zero-order chi connectivity index (χ0) is 28.6. The van der Waals surface area contributed by atoms with Gasteiger partial charge in [-0.05, 0) is 44.4 Å². The standard InChI is InChI=1S/C30H32N8O3/c1-19(2)38-17-22(15-34-38)21-12-23-24(16-33-27(23)32-14-21)25-13-26(36-28(31)35-25)30(40)8-10-37(11-9-30)29(39)41-18-20-6-4-3-5-7-20/h3-7,12-17,19,40H,8-11,18H2,1-2H3,(H,32,33)(H2,31,35,36). The Labute approximate surface area is 237 Å². The fraction of sp³-hybridized carbons (Fsp3) is 0.300. The Morgan fingerprint density at radius 3 is 2.63 bits per heavy atom. The van der Waals surface area contributed by atoms with Crippen molar-refractivity contribution in [3.05, 3.63) is 78.5 Å². The first kappa shape index (κ1) is 26.5. The molecule has 4 N–H and O–H groups in total. The average Bonchev–Trinajstić information content (AvgIpc) is 3.64. The van der Waals surface area contributed by atoms with Crippen molar-refractivity contribution in [1.29, 1.82) is 0 Å². The Kier molecular flexibility index (Phi) is 6.88. The number of nitrogens with one attached hydrogen (secondary N) is 1. The molecule has 41 heavy (non-hydrogen) atoms. The highest BCUT2D eigenvalue weighted by molar-refractivity contribution is 5.95. The number of nitrogens with zero attached hydrogens (tertiary/aromatic N) is 6. The van der Waals surface area contributed by atoms with Crippen LogP contribution in [0.3, 0.4) is 0 Å². The second-order valence-corrected chi connectivity index (χ2v) is 10.7. The molecule has 1 saturated heterocycles. The summed E-state index contributed by atoms with van der Waals surface area (Å²) in [6.07, 6.45) is 7.66. The van der Waals surface area contributed by atoms with E-state index in [1.54, 1.807) is 11.0 Å². The van der Waals surface area contributed by atoms with Crippen molar-refractivity contribution in [3.63, 3.8) is 0 Å². The van der Waals surface area contributed by atoms with E-state index in [0.29, 0.717) is 43.0 Å². The number of amides is 1. The Bertz CT molecular complexity index is 1690. The number of nitrogen functional groups attached to an aromatic ring is 1. The van der Waals surface area contributed by atoms with Gasteiger partial charge in [-0.2, -0.15) is 5.10 Å². The summed E-state index contributed by atoms with van der Waals surface area (Å²) in [6.45, 7) is 5.01. The predicted molar refractivity (Wildman–Crippen MR) is 154 cm³/mol. The van der Waals surface area contributed by atoms with E-state index in [-0.39, 0.29) is 18.6 Å². The molecule has 1 fully saturated rings. The lowest BCUT2D eigenvalue weighted by Crippen LogP contribution is -2.45. The number of benzene rings is 1. The van der Waals surface area contributed by atoms with Crippen LogP contribution in [0.1, 0.15) is 44.0 Å². The van der Waals surface area contributed by atoms with E-state index in [9.17, 15) is 9.90 Å². The van der Waals surface area contributed by atoms with E-state index in [1.807, 2.05) is 65.9 Å². The Morgan fingerprint density at radius 1 is 1.12 bits per heavy atom. The van der Waals surface area contributed by atoms with Crippen molar-refractivity contribution in [2.75, 3.05) is 18.8 Å². The molecule has 0 unspecified atom stereocenters. The molecular formula is C30H32N8O3. The number of piperidine rings is 1. The van der Waals surface area contributed by atoms with E-state index in [1.165, 1.54) is 0 Å². The van der Waals surface area contributed by atoms with Gasteiger partial charge in [-0.15, -0.1) is 0 Å². The first-order valence-corrected chi connectivity index (χ1v) is 13.6. The lowest BCUT2D eigenvalue weighted by Gasteiger charge is -2.37. The molecule has 11 heteroatoms. The van der Waals surface area contributed by atoms with Gasteiger partial charge in [0, 0.05) is 59.8 Å². The summed E-state index contributed by atoms with van der Waals surface area (Å²) in [4.78, 5) is 30.9. The van der Waals surface area contributed by atoms with Gasteiger partial charge in [0.25, 0.3) is 0 Å². The summed E-state index contributed by atoms with van der Waals surface area (Å²) >= 11 is 0. The molecule has 0 saturated carbocycles. The second-order valence-electron chi connectivity index (χ2n) is 10.7. The lowest BCUT2D eigenvalue weighted by atomic mass is 9.87. The molecule has 1 aliphatic rings. The summed E-state index contributed by atoms with van der Waals surface area (Å²) in [7, 11) is 0. The minimum absolute atomic E-state index is 0.0623. The van der Waals surface area contributed by atoms with Crippen LogP contribution in [0.5, 0.6) is 0 Å². The van der Waals surface area contributed by atoms with Crippen LogP contribution in [-0.2, 0) is 16.9 Å². The molecule has 5 heterocycles. The van der Waals surface area contributed by atoms with Gasteiger partial charge in [0.15, 0.2) is 0 Å². The average molecular weight is 553 g/mol. The van der Waals surface area contributed by atoms with Crippen LogP contribution in [0.4, 0.5) is 10.7 Å². The fourth-order valence-corrected chi connectivity index (χ4v) is 5.11. The summed E-state index contributed by atoms with van der Waals surface area (Å²) in [5, 5.41) is 16.9. The Hall–Kier alpha value is -4.77. The number of anilines is 1. The number of carbonyl (C=O) groups excluding carboxylic acids is 1. The van der Waals surface area contributed by atoms with Gasteiger partial charge < -0.3 is 25.5 Å². The SMILES string of the molecule is CC(C)n1cc(-c2cnc3[nH]cc(-c4cc(C5(O)CCN(C(=O)OCc6ccccc6)CC5)nc(N)n4)c3c2)cn1. The molecule has 210 valence electrons. The predicted octanol–water partition coefficient (Wildman–Crippen LogP) is 4.67. The molecule has 0 atom stereocenters. The van der Waals surface area contributed by atoms with Crippen LogP contribution in [0.2, 0.25) is 0 Å². The summed E-state index contributed by atoms with van der Waals surface area (Å²) < 4.78 is 7.38. The number of H-pyrrole nitrogens is 1. The molecule has 0 radical (unpaired) electrons. The normalized spacial score (nSPS) is 15.0. The largest absolute Gasteiger partial charge is 0.445 e. The molecule has 1 aliphatic heterocycles. The molecule has 1 amide bonds. The zero-order valence-electron chi connectivity index (χ0n) is 23.0. The van der Waals surface area contributed by atoms with Crippen LogP contribution >= 0.6 is 0 Å². The number of aliphatic hydroxyl groups is 1. The Morgan fingerprint density at radius 2 is 1.90 bits per heavy atom. The van der Waals surface area contributed by atoms with Crippen molar-refractivity contribution in [2.45, 2.75) is 44.9 Å². The van der Waals surface area contributed by atoms with Gasteiger partial charge in [-0.1, -0.05) is 30.3 Å². The van der Waals surface area contributed by atoms with E-state index >= 15 is 0 Å². The van der Waals surface area contributed by atoms with Crippen LogP contribution in [0.15, 0.2) is 67.3 Å². The van der Waals surface area contributed by atoms with Crippen molar-refractivity contribution < 1.29 is 14.6 Å². The zero-order valence-corrected chi connectivity index (χ0v) is 23.0. The van der Waals surface area contributed by atoms with Gasteiger partial charge in [0.1, 0.15) is 17.9 Å². The van der Waals surface area contributed by atoms with Crippen LogP contribution in [-0.4, -0.2) is 58.9 Å². The van der Waals surface area contributed by atoms with E-state index in [2.05, 4.69) is 38.9 Å². The van der Waals surface area contributed by atoms with Crippen molar-refractivity contribution in [2.24, 2.45) is 0 Å². The van der Waals surface area contributed by atoms with Crippen molar-refractivity contribution >= 4 is 23.1 Å². The molecular weight excluding hydrogens is 520 g/mol. The number of hydrogen-bond acceptors (Lipinski definition) is 8. The number of pyridine rings is 1. The molecule has 5 aromatic rings. The maximum absolute atomic E-state index is 12.6. The molecule has 6 rings (SSSR count). The van der Waals surface area contributed by atoms with Gasteiger partial charge in [0.05, 0.1) is 17.6 Å². The highest BCUT2D eigenvalue weighted by Gasteiger charge is 2.38. The van der Waals surface area contributed by atoms with Crippen molar-refractivity contribution in [3.8, 4) is 22.4 Å². The van der Waals surface area contributed by atoms with Crippen LogP contribution in [0.25, 0.3) is 33.4 Å². The number of fused-ring (bicyclic) bond motifs is 1. The number of aromatic nitrogens is 6. The second kappa shape index (κ2) is 10.7.